The van der Waals surface area contributed by atoms with E-state index in [0.29, 0.717) is 6.42 Å². The second-order valence-electron chi connectivity index (χ2n) is 4.34. The number of carboxylic acid groups (broad SMARTS) is 1. The summed E-state index contributed by atoms with van der Waals surface area (Å²) in [5.41, 5.74) is 4.95. The lowest BCUT2D eigenvalue weighted by molar-refractivity contribution is -0.141. The first-order valence-corrected chi connectivity index (χ1v) is 6.45. The molecule has 1 unspecified atom stereocenters. The molecule has 0 bridgehead atoms. The summed E-state index contributed by atoms with van der Waals surface area (Å²) < 4.78 is 4.47. The fourth-order valence-corrected chi connectivity index (χ4v) is 1.53. The molecule has 0 fully saturated rings. The van der Waals surface area contributed by atoms with Crippen LogP contribution in [-0.2, 0) is 19.1 Å². The monoisotopic (exact) mass is 303 g/mol. The van der Waals surface area contributed by atoms with E-state index in [9.17, 15) is 19.2 Å². The standard InChI is InChI=1S/C12H21N3O6/c1-3-6-15(7-10(17)21-2)12(20)14-8(11(18)19)4-5-9(13)16/h8H,3-7H2,1-2H3,(H2,13,16)(H,14,20)(H,18,19). The Kier molecular flexibility index (Phi) is 8.51. The number of hydrogen-bond acceptors (Lipinski definition) is 5. The van der Waals surface area contributed by atoms with Gasteiger partial charge in [0.05, 0.1) is 7.11 Å². The number of nitrogens with zero attached hydrogens (tertiary/aromatic N) is 1. The summed E-state index contributed by atoms with van der Waals surface area (Å²) in [7, 11) is 1.19. The van der Waals surface area contributed by atoms with Gasteiger partial charge in [-0.25, -0.2) is 9.59 Å². The summed E-state index contributed by atoms with van der Waals surface area (Å²) in [4.78, 5) is 46.0. The highest BCUT2D eigenvalue weighted by Gasteiger charge is 2.24. The summed E-state index contributed by atoms with van der Waals surface area (Å²) in [5.74, 6) is -2.54. The minimum atomic E-state index is -1.28. The molecular formula is C12H21N3O6. The van der Waals surface area contributed by atoms with Gasteiger partial charge >= 0.3 is 18.0 Å². The fraction of sp³-hybridized carbons (Fsp3) is 0.667. The van der Waals surface area contributed by atoms with Gasteiger partial charge in [0, 0.05) is 13.0 Å². The van der Waals surface area contributed by atoms with Crippen molar-refractivity contribution in [1.82, 2.24) is 10.2 Å². The van der Waals surface area contributed by atoms with E-state index in [1.807, 2.05) is 0 Å². The van der Waals surface area contributed by atoms with Gasteiger partial charge < -0.3 is 25.8 Å². The van der Waals surface area contributed by atoms with E-state index in [4.69, 9.17) is 10.8 Å². The van der Waals surface area contributed by atoms with Crippen molar-refractivity contribution in [3.05, 3.63) is 0 Å². The highest BCUT2D eigenvalue weighted by atomic mass is 16.5. The van der Waals surface area contributed by atoms with Crippen LogP contribution in [-0.4, -0.2) is 60.1 Å². The number of carbonyl (C=O) groups is 4. The SMILES string of the molecule is CCCN(CC(=O)OC)C(=O)NC(CCC(N)=O)C(=O)O. The van der Waals surface area contributed by atoms with Crippen LogP contribution in [0.2, 0.25) is 0 Å². The average Bonchev–Trinajstić information content (AvgIpc) is 2.41. The normalized spacial score (nSPS) is 11.3. The highest BCUT2D eigenvalue weighted by molar-refractivity contribution is 5.85. The second-order valence-corrected chi connectivity index (χ2v) is 4.34. The van der Waals surface area contributed by atoms with Crippen molar-refractivity contribution in [3.8, 4) is 0 Å². The number of nitrogens with one attached hydrogen (secondary N) is 1. The molecule has 0 heterocycles. The largest absolute Gasteiger partial charge is 0.480 e. The van der Waals surface area contributed by atoms with Crippen molar-refractivity contribution < 1.29 is 29.0 Å². The molecule has 0 aromatic heterocycles. The summed E-state index contributed by atoms with van der Waals surface area (Å²) in [6.07, 6.45) is 0.306. The van der Waals surface area contributed by atoms with Gasteiger partial charge in [0.25, 0.3) is 0 Å². The topological polar surface area (TPSA) is 139 Å². The van der Waals surface area contributed by atoms with Gasteiger partial charge in [0.1, 0.15) is 12.6 Å². The average molecular weight is 303 g/mol. The number of methoxy groups -OCH3 is 1. The van der Waals surface area contributed by atoms with Crippen molar-refractivity contribution in [1.29, 1.82) is 0 Å². The van der Waals surface area contributed by atoms with Crippen LogP contribution in [0, 0.1) is 0 Å². The van der Waals surface area contributed by atoms with Gasteiger partial charge in [-0.3, -0.25) is 9.59 Å². The summed E-state index contributed by atoms with van der Waals surface area (Å²) in [6, 6.07) is -1.96. The van der Waals surface area contributed by atoms with Crippen molar-refractivity contribution in [2.45, 2.75) is 32.2 Å². The number of nitrogens with two attached hydrogens (primary N) is 1. The third kappa shape index (κ3) is 7.75. The molecule has 9 nitrogen and oxygen atoms in total. The molecule has 0 radical (unpaired) electrons. The van der Waals surface area contributed by atoms with Gasteiger partial charge in [0.15, 0.2) is 0 Å². The number of rotatable bonds is 9. The molecule has 0 spiro atoms. The van der Waals surface area contributed by atoms with Gasteiger partial charge in [-0.15, -0.1) is 0 Å². The first kappa shape index (κ1) is 18.7. The Labute approximate surface area is 122 Å². The van der Waals surface area contributed by atoms with E-state index in [1.54, 1.807) is 6.92 Å². The number of hydrogen-bond donors (Lipinski definition) is 3. The smallest absolute Gasteiger partial charge is 0.326 e. The third-order valence-electron chi connectivity index (χ3n) is 2.60. The minimum Gasteiger partial charge on any atom is -0.480 e. The van der Waals surface area contributed by atoms with Gasteiger partial charge in [-0.05, 0) is 12.8 Å². The molecular weight excluding hydrogens is 282 g/mol. The zero-order valence-corrected chi connectivity index (χ0v) is 12.1. The van der Waals surface area contributed by atoms with E-state index < -0.39 is 29.9 Å². The Balaban J connectivity index is 4.69. The number of primary amides is 1. The van der Waals surface area contributed by atoms with Crippen LogP contribution in [0.15, 0.2) is 0 Å². The summed E-state index contributed by atoms with van der Waals surface area (Å²) >= 11 is 0. The van der Waals surface area contributed by atoms with Crippen LogP contribution in [0.25, 0.3) is 0 Å². The van der Waals surface area contributed by atoms with Crippen LogP contribution >= 0.6 is 0 Å². The molecule has 0 saturated carbocycles. The van der Waals surface area contributed by atoms with Crippen molar-refractivity contribution in [3.63, 3.8) is 0 Å². The molecule has 0 rings (SSSR count). The zero-order chi connectivity index (χ0) is 16.4. The highest BCUT2D eigenvalue weighted by Crippen LogP contribution is 2.01. The predicted octanol–water partition coefficient (Wildman–Crippen LogP) is -0.700. The maximum Gasteiger partial charge on any atom is 0.326 e. The number of amides is 3. The molecule has 1 atom stereocenters. The number of urea groups is 1. The Morgan fingerprint density at radius 1 is 1.33 bits per heavy atom. The molecule has 0 aliphatic heterocycles. The lowest BCUT2D eigenvalue weighted by Crippen LogP contribution is -2.49. The first-order chi connectivity index (χ1) is 9.81. The minimum absolute atomic E-state index is 0.116. The maximum atomic E-state index is 12.0. The molecule has 3 amide bonds. The number of carbonyl (C=O) groups excluding carboxylic acids is 3. The van der Waals surface area contributed by atoms with Crippen LogP contribution in [0.5, 0.6) is 0 Å². The van der Waals surface area contributed by atoms with Crippen LogP contribution in [0.1, 0.15) is 26.2 Å². The van der Waals surface area contributed by atoms with Crippen molar-refractivity contribution >= 4 is 23.9 Å². The van der Waals surface area contributed by atoms with Crippen molar-refractivity contribution in [2.24, 2.45) is 5.73 Å². The molecule has 0 aliphatic rings. The Morgan fingerprint density at radius 3 is 2.38 bits per heavy atom. The lowest BCUT2D eigenvalue weighted by Gasteiger charge is -2.23. The Morgan fingerprint density at radius 2 is 1.95 bits per heavy atom. The zero-order valence-electron chi connectivity index (χ0n) is 12.1. The van der Waals surface area contributed by atoms with Crippen molar-refractivity contribution in [2.75, 3.05) is 20.2 Å². The lowest BCUT2D eigenvalue weighted by atomic mass is 10.1. The van der Waals surface area contributed by atoms with E-state index in [-0.39, 0.29) is 25.9 Å². The molecule has 0 aromatic carbocycles. The number of aliphatic carboxylic acids is 1. The second kappa shape index (κ2) is 9.56. The molecule has 0 aliphatic carbocycles. The van der Waals surface area contributed by atoms with E-state index in [2.05, 4.69) is 10.1 Å². The molecule has 0 saturated heterocycles. The Hall–Kier alpha value is -2.32. The van der Waals surface area contributed by atoms with Gasteiger partial charge in [-0.2, -0.15) is 0 Å². The Bertz CT molecular complexity index is 398. The molecule has 120 valence electrons. The summed E-state index contributed by atoms with van der Waals surface area (Å²) in [5, 5.41) is 11.3. The predicted molar refractivity (Wildman–Crippen MR) is 72.3 cm³/mol. The van der Waals surface area contributed by atoms with E-state index in [0.717, 1.165) is 4.90 Å². The van der Waals surface area contributed by atoms with Gasteiger partial charge in [-0.1, -0.05) is 6.92 Å². The van der Waals surface area contributed by atoms with Gasteiger partial charge in [0.2, 0.25) is 5.91 Å². The number of carboxylic acids is 1. The molecule has 9 heteroatoms. The van der Waals surface area contributed by atoms with Crippen LogP contribution < -0.4 is 11.1 Å². The maximum absolute atomic E-state index is 12.0. The molecule has 4 N–H and O–H groups in total. The van der Waals surface area contributed by atoms with Crippen LogP contribution in [0.3, 0.4) is 0 Å². The fourth-order valence-electron chi connectivity index (χ4n) is 1.53. The first-order valence-electron chi connectivity index (χ1n) is 6.45. The number of ether oxygens (including phenoxy) is 1. The molecule has 21 heavy (non-hydrogen) atoms. The van der Waals surface area contributed by atoms with E-state index in [1.165, 1.54) is 7.11 Å². The quantitative estimate of drug-likeness (QED) is 0.481. The van der Waals surface area contributed by atoms with Crippen LogP contribution in [0.4, 0.5) is 4.79 Å². The third-order valence-corrected chi connectivity index (χ3v) is 2.60. The number of esters is 1. The summed E-state index contributed by atoms with van der Waals surface area (Å²) in [6.45, 7) is 1.79. The van der Waals surface area contributed by atoms with E-state index >= 15 is 0 Å². The molecule has 0 aromatic rings.